The third-order valence-corrected chi connectivity index (χ3v) is 2.09. The van der Waals surface area contributed by atoms with Crippen molar-refractivity contribution in [2.75, 3.05) is 13.1 Å². The van der Waals surface area contributed by atoms with Gasteiger partial charge in [0.15, 0.2) is 0 Å². The van der Waals surface area contributed by atoms with Gasteiger partial charge >= 0.3 is 0 Å². The molecule has 1 amide bonds. The fourth-order valence-electron chi connectivity index (χ4n) is 0.783. The highest BCUT2D eigenvalue weighted by atomic mass is 16.3. The van der Waals surface area contributed by atoms with Gasteiger partial charge in [-0.3, -0.25) is 4.79 Å². The molecule has 4 N–H and O–H groups in total. The van der Waals surface area contributed by atoms with Crippen LogP contribution in [0.1, 0.15) is 27.2 Å². The molecule has 0 saturated heterocycles. The SMILES string of the molecule is CCC(O)CNCC(C)(C)C(N)=O. The maximum absolute atomic E-state index is 10.9. The van der Waals surface area contributed by atoms with Crippen LogP contribution in [-0.4, -0.2) is 30.2 Å². The number of hydrogen-bond donors (Lipinski definition) is 3. The number of carbonyl (C=O) groups is 1. The van der Waals surface area contributed by atoms with Gasteiger partial charge in [-0.25, -0.2) is 0 Å². The Morgan fingerprint density at radius 3 is 2.54 bits per heavy atom. The standard InChI is InChI=1S/C9H20N2O2/c1-4-7(12)5-11-6-9(2,3)8(10)13/h7,11-12H,4-6H2,1-3H3,(H2,10,13). The van der Waals surface area contributed by atoms with E-state index in [0.29, 0.717) is 19.5 Å². The second kappa shape index (κ2) is 5.19. The summed E-state index contributed by atoms with van der Waals surface area (Å²) in [5, 5.41) is 12.2. The lowest BCUT2D eigenvalue weighted by Crippen LogP contribution is -2.42. The first-order chi connectivity index (χ1) is 5.90. The lowest BCUT2D eigenvalue weighted by Gasteiger charge is -2.21. The number of carbonyl (C=O) groups excluding carboxylic acids is 1. The highest BCUT2D eigenvalue weighted by Gasteiger charge is 2.24. The molecule has 0 aliphatic rings. The number of primary amides is 1. The number of aliphatic hydroxyl groups excluding tert-OH is 1. The molecule has 78 valence electrons. The van der Waals surface area contributed by atoms with Gasteiger partial charge < -0.3 is 16.2 Å². The molecule has 1 atom stereocenters. The predicted octanol–water partition coefficient (Wildman–Crippen LogP) is -0.142. The minimum atomic E-state index is -0.548. The fraction of sp³-hybridized carbons (Fsp3) is 0.889. The summed E-state index contributed by atoms with van der Waals surface area (Å²) >= 11 is 0. The molecule has 4 heteroatoms. The van der Waals surface area contributed by atoms with E-state index in [1.165, 1.54) is 0 Å². The van der Waals surface area contributed by atoms with E-state index in [4.69, 9.17) is 5.73 Å². The molecule has 0 aliphatic heterocycles. The van der Waals surface area contributed by atoms with Crippen molar-refractivity contribution in [3.8, 4) is 0 Å². The second-order valence-electron chi connectivity index (χ2n) is 3.94. The van der Waals surface area contributed by atoms with E-state index >= 15 is 0 Å². The van der Waals surface area contributed by atoms with Gasteiger partial charge in [-0.2, -0.15) is 0 Å². The molecule has 0 bridgehead atoms. The Kier molecular flexibility index (Phi) is 4.95. The van der Waals surface area contributed by atoms with Crippen LogP contribution in [0, 0.1) is 5.41 Å². The molecule has 0 aromatic carbocycles. The second-order valence-corrected chi connectivity index (χ2v) is 3.94. The van der Waals surface area contributed by atoms with Crippen molar-refractivity contribution < 1.29 is 9.90 Å². The summed E-state index contributed by atoms with van der Waals surface area (Å²) in [5.74, 6) is -0.328. The first kappa shape index (κ1) is 12.4. The summed E-state index contributed by atoms with van der Waals surface area (Å²) in [5.41, 5.74) is 4.63. The zero-order valence-electron chi connectivity index (χ0n) is 8.63. The predicted molar refractivity (Wildman–Crippen MR) is 52.1 cm³/mol. The lowest BCUT2D eigenvalue weighted by atomic mass is 9.93. The van der Waals surface area contributed by atoms with Gasteiger partial charge in [0.1, 0.15) is 0 Å². The smallest absolute Gasteiger partial charge is 0.224 e. The Labute approximate surface area is 79.5 Å². The minimum Gasteiger partial charge on any atom is -0.392 e. The van der Waals surface area contributed by atoms with Crippen LogP contribution in [0.25, 0.3) is 0 Å². The Balaban J connectivity index is 3.70. The fourth-order valence-corrected chi connectivity index (χ4v) is 0.783. The van der Waals surface area contributed by atoms with E-state index in [2.05, 4.69) is 5.32 Å². The summed E-state index contributed by atoms with van der Waals surface area (Å²) < 4.78 is 0. The molecule has 0 fully saturated rings. The van der Waals surface area contributed by atoms with Crippen molar-refractivity contribution in [2.45, 2.75) is 33.3 Å². The summed E-state index contributed by atoms with van der Waals surface area (Å²) in [6, 6.07) is 0. The number of aliphatic hydroxyl groups is 1. The van der Waals surface area contributed by atoms with Crippen molar-refractivity contribution in [2.24, 2.45) is 11.1 Å². The summed E-state index contributed by atoms with van der Waals surface area (Å²) in [7, 11) is 0. The largest absolute Gasteiger partial charge is 0.392 e. The topological polar surface area (TPSA) is 75.3 Å². The highest BCUT2D eigenvalue weighted by molar-refractivity contribution is 5.80. The molecule has 0 saturated carbocycles. The van der Waals surface area contributed by atoms with Gasteiger partial charge in [0.2, 0.25) is 5.91 Å². The summed E-state index contributed by atoms with van der Waals surface area (Å²) in [6.45, 7) is 6.47. The molecule has 0 aromatic rings. The molecule has 0 radical (unpaired) electrons. The summed E-state index contributed by atoms with van der Waals surface area (Å²) in [6.07, 6.45) is 0.368. The molecule has 0 rings (SSSR count). The van der Waals surface area contributed by atoms with Gasteiger partial charge in [-0.1, -0.05) is 6.92 Å². The first-order valence-corrected chi connectivity index (χ1v) is 4.59. The zero-order chi connectivity index (χ0) is 10.5. The van der Waals surface area contributed by atoms with E-state index in [9.17, 15) is 9.90 Å². The van der Waals surface area contributed by atoms with Crippen LogP contribution >= 0.6 is 0 Å². The van der Waals surface area contributed by atoms with E-state index in [0.717, 1.165) is 0 Å². The van der Waals surface area contributed by atoms with Crippen LogP contribution in [0.4, 0.5) is 0 Å². The van der Waals surface area contributed by atoms with Gasteiger partial charge in [0.25, 0.3) is 0 Å². The number of amides is 1. The van der Waals surface area contributed by atoms with Crippen LogP contribution in [0.5, 0.6) is 0 Å². The van der Waals surface area contributed by atoms with Crippen molar-refractivity contribution >= 4 is 5.91 Å². The first-order valence-electron chi connectivity index (χ1n) is 4.59. The Bertz CT molecular complexity index is 169. The number of rotatable bonds is 6. The quantitative estimate of drug-likeness (QED) is 0.543. The molecule has 0 aliphatic carbocycles. The normalized spacial score (nSPS) is 14.2. The maximum Gasteiger partial charge on any atom is 0.224 e. The molecule has 0 heterocycles. The van der Waals surface area contributed by atoms with Crippen molar-refractivity contribution in [3.05, 3.63) is 0 Å². The van der Waals surface area contributed by atoms with Gasteiger partial charge in [0.05, 0.1) is 11.5 Å². The Morgan fingerprint density at radius 2 is 2.15 bits per heavy atom. The lowest BCUT2D eigenvalue weighted by molar-refractivity contribution is -0.125. The molecule has 4 nitrogen and oxygen atoms in total. The van der Waals surface area contributed by atoms with E-state index in [1.807, 2.05) is 6.92 Å². The average Bonchev–Trinajstić information content (AvgIpc) is 2.03. The third-order valence-electron chi connectivity index (χ3n) is 2.09. The molecule has 0 spiro atoms. The van der Waals surface area contributed by atoms with Gasteiger partial charge in [0, 0.05) is 13.1 Å². The number of nitrogens with one attached hydrogen (secondary N) is 1. The number of hydrogen-bond acceptors (Lipinski definition) is 3. The molecular weight excluding hydrogens is 168 g/mol. The van der Waals surface area contributed by atoms with Crippen LogP contribution in [0.15, 0.2) is 0 Å². The van der Waals surface area contributed by atoms with Crippen molar-refractivity contribution in [3.63, 3.8) is 0 Å². The van der Waals surface area contributed by atoms with Crippen LogP contribution < -0.4 is 11.1 Å². The van der Waals surface area contributed by atoms with E-state index < -0.39 is 5.41 Å². The van der Waals surface area contributed by atoms with Crippen LogP contribution in [0.2, 0.25) is 0 Å². The third kappa shape index (κ3) is 4.85. The van der Waals surface area contributed by atoms with Gasteiger partial charge in [-0.05, 0) is 20.3 Å². The Hall–Kier alpha value is -0.610. The highest BCUT2D eigenvalue weighted by Crippen LogP contribution is 2.11. The summed E-state index contributed by atoms with van der Waals surface area (Å²) in [4.78, 5) is 10.9. The van der Waals surface area contributed by atoms with Crippen LogP contribution in [-0.2, 0) is 4.79 Å². The van der Waals surface area contributed by atoms with Gasteiger partial charge in [-0.15, -0.1) is 0 Å². The monoisotopic (exact) mass is 188 g/mol. The molecular formula is C9H20N2O2. The Morgan fingerprint density at radius 1 is 1.62 bits per heavy atom. The van der Waals surface area contributed by atoms with Crippen molar-refractivity contribution in [1.29, 1.82) is 0 Å². The molecule has 1 unspecified atom stereocenters. The van der Waals surface area contributed by atoms with Crippen molar-refractivity contribution in [1.82, 2.24) is 5.32 Å². The van der Waals surface area contributed by atoms with Crippen LogP contribution in [0.3, 0.4) is 0 Å². The van der Waals surface area contributed by atoms with E-state index in [-0.39, 0.29) is 12.0 Å². The molecule has 0 aromatic heterocycles. The average molecular weight is 188 g/mol. The zero-order valence-corrected chi connectivity index (χ0v) is 8.63. The number of nitrogens with two attached hydrogens (primary N) is 1. The van der Waals surface area contributed by atoms with E-state index in [1.54, 1.807) is 13.8 Å². The molecule has 13 heavy (non-hydrogen) atoms. The maximum atomic E-state index is 10.9. The minimum absolute atomic E-state index is 0.328.